The maximum absolute atomic E-state index is 13.2. The molecule has 5 heteroatoms. The van der Waals surface area contributed by atoms with Gasteiger partial charge in [-0.25, -0.2) is 0 Å². The summed E-state index contributed by atoms with van der Waals surface area (Å²) in [6.45, 7) is 3.86. The maximum Gasteiger partial charge on any atom is 0.264 e. The summed E-state index contributed by atoms with van der Waals surface area (Å²) < 4.78 is 3.68. The lowest BCUT2D eigenvalue weighted by molar-refractivity contribution is 0.0998. The van der Waals surface area contributed by atoms with Crippen LogP contribution in [-0.2, 0) is 14.1 Å². The SMILES string of the molecule is Cc1nn(C)cc1N(C(=O)c1ccn(C)c1C)c1ccccc1. The molecule has 0 aliphatic heterocycles. The van der Waals surface area contributed by atoms with Gasteiger partial charge in [0.2, 0.25) is 0 Å². The number of para-hydroxylation sites is 1. The van der Waals surface area contributed by atoms with Crippen LogP contribution < -0.4 is 4.90 Å². The van der Waals surface area contributed by atoms with Gasteiger partial charge in [0.05, 0.1) is 16.9 Å². The van der Waals surface area contributed by atoms with E-state index >= 15 is 0 Å². The molecule has 2 heterocycles. The van der Waals surface area contributed by atoms with Crippen molar-refractivity contribution in [2.24, 2.45) is 14.1 Å². The largest absolute Gasteiger partial charge is 0.354 e. The van der Waals surface area contributed by atoms with Crippen LogP contribution >= 0.6 is 0 Å². The van der Waals surface area contributed by atoms with Crippen molar-refractivity contribution in [2.45, 2.75) is 13.8 Å². The van der Waals surface area contributed by atoms with E-state index in [2.05, 4.69) is 5.10 Å². The Labute approximate surface area is 135 Å². The molecule has 0 radical (unpaired) electrons. The third kappa shape index (κ3) is 2.65. The minimum atomic E-state index is -0.0506. The van der Waals surface area contributed by atoms with Gasteiger partial charge in [-0.3, -0.25) is 14.4 Å². The van der Waals surface area contributed by atoms with E-state index in [0.717, 1.165) is 22.8 Å². The molecular formula is C18H20N4O. The summed E-state index contributed by atoms with van der Waals surface area (Å²) in [5, 5.41) is 4.38. The molecule has 0 N–H and O–H groups in total. The second-order valence-electron chi connectivity index (χ2n) is 5.68. The number of rotatable bonds is 3. The monoisotopic (exact) mass is 308 g/mol. The molecule has 0 spiro atoms. The van der Waals surface area contributed by atoms with Crippen molar-refractivity contribution in [3.05, 3.63) is 65.7 Å². The van der Waals surface area contributed by atoms with E-state index in [4.69, 9.17) is 0 Å². The number of carbonyl (C=O) groups is 1. The van der Waals surface area contributed by atoms with Gasteiger partial charge in [0.1, 0.15) is 0 Å². The molecule has 0 unspecified atom stereocenters. The Kier molecular flexibility index (Phi) is 3.78. The first-order valence-corrected chi connectivity index (χ1v) is 7.50. The minimum absolute atomic E-state index is 0.0506. The van der Waals surface area contributed by atoms with E-state index < -0.39 is 0 Å². The van der Waals surface area contributed by atoms with Crippen LogP contribution in [0.4, 0.5) is 11.4 Å². The lowest BCUT2D eigenvalue weighted by Gasteiger charge is -2.22. The number of aryl methyl sites for hydroxylation is 3. The quantitative estimate of drug-likeness (QED) is 0.744. The summed E-state index contributed by atoms with van der Waals surface area (Å²) in [5.41, 5.74) is 4.08. The van der Waals surface area contributed by atoms with Gasteiger partial charge in [-0.15, -0.1) is 0 Å². The van der Waals surface area contributed by atoms with Crippen LogP contribution in [0.25, 0.3) is 0 Å². The zero-order valence-electron chi connectivity index (χ0n) is 13.8. The van der Waals surface area contributed by atoms with Crippen molar-refractivity contribution < 1.29 is 4.79 Å². The van der Waals surface area contributed by atoms with E-state index in [1.807, 2.05) is 81.3 Å². The van der Waals surface area contributed by atoms with Crippen molar-refractivity contribution in [3.63, 3.8) is 0 Å². The summed E-state index contributed by atoms with van der Waals surface area (Å²) in [4.78, 5) is 14.9. The second-order valence-corrected chi connectivity index (χ2v) is 5.68. The van der Waals surface area contributed by atoms with Crippen LogP contribution in [0.3, 0.4) is 0 Å². The van der Waals surface area contributed by atoms with Gasteiger partial charge in [0, 0.05) is 37.9 Å². The fraction of sp³-hybridized carbons (Fsp3) is 0.222. The Morgan fingerprint density at radius 1 is 1.09 bits per heavy atom. The van der Waals surface area contributed by atoms with E-state index in [-0.39, 0.29) is 5.91 Å². The molecule has 118 valence electrons. The zero-order valence-corrected chi connectivity index (χ0v) is 13.8. The molecule has 0 saturated heterocycles. The van der Waals surface area contributed by atoms with Gasteiger partial charge in [-0.1, -0.05) is 18.2 Å². The van der Waals surface area contributed by atoms with Gasteiger partial charge in [0.15, 0.2) is 0 Å². The molecule has 0 saturated carbocycles. The van der Waals surface area contributed by atoms with Gasteiger partial charge in [0.25, 0.3) is 5.91 Å². The molecule has 23 heavy (non-hydrogen) atoms. The van der Waals surface area contributed by atoms with Crippen molar-refractivity contribution in [3.8, 4) is 0 Å². The Morgan fingerprint density at radius 3 is 2.30 bits per heavy atom. The molecule has 3 rings (SSSR count). The highest BCUT2D eigenvalue weighted by molar-refractivity contribution is 6.11. The van der Waals surface area contributed by atoms with Crippen LogP contribution in [0.15, 0.2) is 48.8 Å². The second kappa shape index (κ2) is 5.76. The number of anilines is 2. The fourth-order valence-electron chi connectivity index (χ4n) is 2.70. The average Bonchev–Trinajstić information content (AvgIpc) is 3.03. The van der Waals surface area contributed by atoms with Gasteiger partial charge >= 0.3 is 0 Å². The smallest absolute Gasteiger partial charge is 0.264 e. The minimum Gasteiger partial charge on any atom is -0.354 e. The Hall–Kier alpha value is -2.82. The summed E-state index contributed by atoms with van der Waals surface area (Å²) in [5.74, 6) is -0.0506. The average molecular weight is 308 g/mol. The van der Waals surface area contributed by atoms with Crippen LogP contribution in [0.5, 0.6) is 0 Å². The van der Waals surface area contributed by atoms with E-state index in [1.165, 1.54) is 0 Å². The van der Waals surface area contributed by atoms with Crippen LogP contribution in [0.1, 0.15) is 21.7 Å². The standard InChI is InChI=1S/C18H20N4O/c1-13-17(12-21(4)19-13)22(15-8-6-5-7-9-15)18(23)16-10-11-20(3)14(16)2/h5-12H,1-4H3. The number of hydrogen-bond donors (Lipinski definition) is 0. The summed E-state index contributed by atoms with van der Waals surface area (Å²) >= 11 is 0. The van der Waals surface area contributed by atoms with Crippen LogP contribution in [0.2, 0.25) is 0 Å². The van der Waals surface area contributed by atoms with Gasteiger partial charge in [-0.05, 0) is 32.0 Å². The first-order chi connectivity index (χ1) is 11.0. The lowest BCUT2D eigenvalue weighted by Crippen LogP contribution is -2.26. The van der Waals surface area contributed by atoms with Crippen molar-refractivity contribution in [1.82, 2.24) is 14.3 Å². The third-order valence-corrected chi connectivity index (χ3v) is 4.06. The van der Waals surface area contributed by atoms with E-state index in [1.54, 1.807) is 9.58 Å². The molecule has 1 amide bonds. The summed E-state index contributed by atoms with van der Waals surface area (Å²) in [6.07, 6.45) is 3.78. The van der Waals surface area contributed by atoms with Crippen molar-refractivity contribution in [1.29, 1.82) is 0 Å². The molecule has 0 atom stereocenters. The molecule has 1 aromatic carbocycles. The highest BCUT2D eigenvalue weighted by atomic mass is 16.2. The number of amides is 1. The van der Waals surface area contributed by atoms with Crippen molar-refractivity contribution >= 4 is 17.3 Å². The Balaban J connectivity index is 2.14. The van der Waals surface area contributed by atoms with Gasteiger partial charge < -0.3 is 4.57 Å². The molecule has 3 aromatic rings. The van der Waals surface area contributed by atoms with E-state index in [0.29, 0.717) is 5.56 Å². The first-order valence-electron chi connectivity index (χ1n) is 7.50. The number of aromatic nitrogens is 3. The van der Waals surface area contributed by atoms with Gasteiger partial charge in [-0.2, -0.15) is 5.10 Å². The van der Waals surface area contributed by atoms with Crippen LogP contribution in [-0.4, -0.2) is 20.3 Å². The van der Waals surface area contributed by atoms with Crippen LogP contribution in [0, 0.1) is 13.8 Å². The van der Waals surface area contributed by atoms with E-state index in [9.17, 15) is 4.79 Å². The third-order valence-electron chi connectivity index (χ3n) is 4.06. The summed E-state index contributed by atoms with van der Waals surface area (Å²) in [6, 6.07) is 11.5. The molecule has 0 aliphatic carbocycles. The molecule has 0 bridgehead atoms. The predicted octanol–water partition coefficient (Wildman–Crippen LogP) is 3.35. The van der Waals surface area contributed by atoms with Crippen molar-refractivity contribution in [2.75, 3.05) is 4.90 Å². The molecule has 0 aliphatic rings. The Morgan fingerprint density at radius 2 is 1.78 bits per heavy atom. The molecular weight excluding hydrogens is 288 g/mol. The summed E-state index contributed by atoms with van der Waals surface area (Å²) in [7, 11) is 3.80. The lowest BCUT2D eigenvalue weighted by atomic mass is 10.1. The molecule has 5 nitrogen and oxygen atoms in total. The number of hydrogen-bond acceptors (Lipinski definition) is 2. The first kappa shape index (κ1) is 15.1. The highest BCUT2D eigenvalue weighted by Crippen LogP contribution is 2.30. The maximum atomic E-state index is 13.2. The topological polar surface area (TPSA) is 43.1 Å². The fourth-order valence-corrected chi connectivity index (χ4v) is 2.70. The Bertz CT molecular complexity index is 845. The molecule has 2 aromatic heterocycles. The zero-order chi connectivity index (χ0) is 16.6. The number of carbonyl (C=O) groups excluding carboxylic acids is 1. The number of benzene rings is 1. The predicted molar refractivity (Wildman–Crippen MR) is 91.0 cm³/mol. The number of nitrogens with zero attached hydrogens (tertiary/aromatic N) is 4. The highest BCUT2D eigenvalue weighted by Gasteiger charge is 2.25. The normalized spacial score (nSPS) is 10.8. The molecule has 0 fully saturated rings.